The van der Waals surface area contributed by atoms with Crippen molar-refractivity contribution in [1.82, 2.24) is 15.2 Å². The largest absolute Gasteiger partial charge is 0.439 e. The van der Waals surface area contributed by atoms with Crippen LogP contribution >= 0.6 is 11.6 Å². The fourth-order valence-corrected chi connectivity index (χ4v) is 4.22. The van der Waals surface area contributed by atoms with E-state index in [2.05, 4.69) is 10.3 Å². The molecule has 140 valence electrons. The van der Waals surface area contributed by atoms with E-state index in [1.807, 2.05) is 36.4 Å². The van der Waals surface area contributed by atoms with Gasteiger partial charge in [-0.25, -0.2) is 9.78 Å². The minimum atomic E-state index is -0.976. The molecule has 1 aliphatic heterocycles. The predicted octanol–water partition coefficient (Wildman–Crippen LogP) is 3.89. The van der Waals surface area contributed by atoms with Gasteiger partial charge in [0.1, 0.15) is 12.1 Å². The third-order valence-electron chi connectivity index (χ3n) is 5.38. The summed E-state index contributed by atoms with van der Waals surface area (Å²) in [6.45, 7) is -0.0187. The van der Waals surface area contributed by atoms with E-state index in [9.17, 15) is 9.59 Å². The summed E-state index contributed by atoms with van der Waals surface area (Å²) in [7, 11) is 0. The van der Waals surface area contributed by atoms with Crippen LogP contribution in [0.4, 0.5) is 4.79 Å². The van der Waals surface area contributed by atoms with Crippen LogP contribution in [0.25, 0.3) is 11.3 Å². The summed E-state index contributed by atoms with van der Waals surface area (Å²) in [5, 5.41) is 3.49. The molecule has 2 heterocycles. The molecule has 1 aliphatic carbocycles. The first-order valence-electron chi connectivity index (χ1n) is 9.00. The average molecular weight is 394 g/mol. The molecule has 7 heteroatoms. The number of hydrogen-bond donors (Lipinski definition) is 1. The lowest BCUT2D eigenvalue weighted by Crippen LogP contribution is -2.41. The summed E-state index contributed by atoms with van der Waals surface area (Å²) in [6, 6.07) is 14.5. The maximum Gasteiger partial charge on any atom is 0.325 e. The number of halogens is 1. The number of oxazole rings is 1. The number of fused-ring (bicyclic) bond motifs is 2. The highest BCUT2D eigenvalue weighted by atomic mass is 35.5. The summed E-state index contributed by atoms with van der Waals surface area (Å²) < 4.78 is 5.76. The molecule has 0 unspecified atom stereocenters. The number of amides is 3. The number of imide groups is 1. The van der Waals surface area contributed by atoms with Gasteiger partial charge >= 0.3 is 6.03 Å². The summed E-state index contributed by atoms with van der Waals surface area (Å²) >= 11 is 6.02. The van der Waals surface area contributed by atoms with Gasteiger partial charge in [0.15, 0.2) is 5.76 Å². The lowest BCUT2D eigenvalue weighted by atomic mass is 9.92. The fourth-order valence-electron chi connectivity index (χ4n) is 4.03. The number of carbonyl (C=O) groups excluding carboxylic acids is 2. The summed E-state index contributed by atoms with van der Waals surface area (Å²) in [5.74, 6) is 0.567. The van der Waals surface area contributed by atoms with Gasteiger partial charge in [-0.2, -0.15) is 0 Å². The Morgan fingerprint density at radius 2 is 2.04 bits per heavy atom. The Kier molecular flexibility index (Phi) is 3.77. The topological polar surface area (TPSA) is 75.4 Å². The van der Waals surface area contributed by atoms with Crippen LogP contribution in [-0.4, -0.2) is 21.8 Å². The molecule has 1 N–H and O–H groups in total. The van der Waals surface area contributed by atoms with Crippen LogP contribution < -0.4 is 5.32 Å². The highest BCUT2D eigenvalue weighted by Gasteiger charge is 2.55. The molecule has 1 spiro atoms. The third-order valence-corrected chi connectivity index (χ3v) is 5.61. The van der Waals surface area contributed by atoms with E-state index >= 15 is 0 Å². The maximum absolute atomic E-state index is 13.2. The van der Waals surface area contributed by atoms with E-state index in [0.717, 1.165) is 23.1 Å². The number of aryl methyl sites for hydroxylation is 1. The Labute approximate surface area is 166 Å². The molecule has 0 radical (unpaired) electrons. The van der Waals surface area contributed by atoms with Crippen molar-refractivity contribution in [2.24, 2.45) is 0 Å². The number of nitrogens with one attached hydrogen (secondary N) is 1. The molecule has 1 saturated heterocycles. The molecule has 2 aliphatic rings. The molecule has 2 aromatic carbocycles. The van der Waals surface area contributed by atoms with Crippen LogP contribution in [0.15, 0.2) is 59.1 Å². The first kappa shape index (κ1) is 17.0. The van der Waals surface area contributed by atoms with Crippen molar-refractivity contribution < 1.29 is 14.0 Å². The zero-order valence-corrected chi connectivity index (χ0v) is 15.6. The van der Waals surface area contributed by atoms with Crippen molar-refractivity contribution in [3.05, 3.63) is 76.8 Å². The van der Waals surface area contributed by atoms with Gasteiger partial charge in [-0.05, 0) is 36.1 Å². The van der Waals surface area contributed by atoms with E-state index in [1.165, 1.54) is 4.90 Å². The molecule has 28 heavy (non-hydrogen) atoms. The van der Waals surface area contributed by atoms with Crippen molar-refractivity contribution in [3.63, 3.8) is 0 Å². The minimum Gasteiger partial charge on any atom is -0.439 e. The van der Waals surface area contributed by atoms with Crippen LogP contribution in [0.1, 0.15) is 23.4 Å². The van der Waals surface area contributed by atoms with Gasteiger partial charge in [-0.3, -0.25) is 9.69 Å². The maximum atomic E-state index is 13.2. The fraction of sp³-hybridized carbons (Fsp3) is 0.190. The molecule has 1 atom stereocenters. The molecule has 1 fully saturated rings. The van der Waals surface area contributed by atoms with Crippen molar-refractivity contribution >= 4 is 23.5 Å². The standard InChI is InChI=1S/C21H16ClN3O3/c22-15-6-3-5-14(10-15)17-11-23-18(28-17)12-25-19(26)21(24-20(25)27)9-8-13-4-1-2-7-16(13)21/h1-7,10-11H,8-9,12H2,(H,24,27)/t21-/m1/s1. The van der Waals surface area contributed by atoms with Gasteiger partial charge in [0.25, 0.3) is 5.91 Å². The second-order valence-corrected chi connectivity index (χ2v) is 7.45. The molecular formula is C21H16ClN3O3. The van der Waals surface area contributed by atoms with Gasteiger partial charge in [0, 0.05) is 10.6 Å². The average Bonchev–Trinajstić information content (AvgIpc) is 3.37. The number of hydrogen-bond acceptors (Lipinski definition) is 4. The number of aromatic nitrogens is 1. The third kappa shape index (κ3) is 2.52. The minimum absolute atomic E-state index is 0.0187. The van der Waals surface area contributed by atoms with Crippen molar-refractivity contribution in [2.75, 3.05) is 0 Å². The van der Waals surface area contributed by atoms with E-state index in [0.29, 0.717) is 23.1 Å². The second-order valence-electron chi connectivity index (χ2n) is 7.01. The normalized spacial score (nSPS) is 20.7. The second kappa shape index (κ2) is 6.21. The van der Waals surface area contributed by atoms with Crippen LogP contribution in [0.3, 0.4) is 0 Å². The Hall–Kier alpha value is -3.12. The van der Waals surface area contributed by atoms with Gasteiger partial charge in [0.2, 0.25) is 5.89 Å². The smallest absolute Gasteiger partial charge is 0.325 e. The van der Waals surface area contributed by atoms with Gasteiger partial charge in [0.05, 0.1) is 6.20 Å². The van der Waals surface area contributed by atoms with E-state index < -0.39 is 11.6 Å². The molecule has 1 aromatic heterocycles. The number of urea groups is 1. The van der Waals surface area contributed by atoms with Crippen LogP contribution in [0, 0.1) is 0 Å². The quantitative estimate of drug-likeness (QED) is 0.685. The number of rotatable bonds is 3. The Balaban J connectivity index is 1.41. The zero-order valence-electron chi connectivity index (χ0n) is 14.8. The number of carbonyl (C=O) groups is 2. The first-order chi connectivity index (χ1) is 13.6. The highest BCUT2D eigenvalue weighted by Crippen LogP contribution is 2.41. The van der Waals surface area contributed by atoms with Gasteiger partial charge in [-0.1, -0.05) is 48.0 Å². The molecule has 0 saturated carbocycles. The highest BCUT2D eigenvalue weighted by molar-refractivity contribution is 6.30. The lowest BCUT2D eigenvalue weighted by Gasteiger charge is -2.22. The molecule has 3 amide bonds. The Morgan fingerprint density at radius 1 is 1.18 bits per heavy atom. The molecule has 5 rings (SSSR count). The monoisotopic (exact) mass is 393 g/mol. The molecule has 6 nitrogen and oxygen atoms in total. The van der Waals surface area contributed by atoms with Crippen molar-refractivity contribution in [1.29, 1.82) is 0 Å². The van der Waals surface area contributed by atoms with E-state index in [-0.39, 0.29) is 12.5 Å². The SMILES string of the molecule is O=C1N[C@@]2(CCc3ccccc32)C(=O)N1Cc1ncc(-c2cccc(Cl)c2)o1. The van der Waals surface area contributed by atoms with Gasteiger partial charge in [-0.15, -0.1) is 0 Å². The van der Waals surface area contributed by atoms with Crippen LogP contribution in [-0.2, 0) is 23.3 Å². The van der Waals surface area contributed by atoms with Gasteiger partial charge < -0.3 is 9.73 Å². The molecule has 3 aromatic rings. The molecular weight excluding hydrogens is 378 g/mol. The molecule has 0 bridgehead atoms. The van der Waals surface area contributed by atoms with Crippen molar-refractivity contribution in [2.45, 2.75) is 24.9 Å². The lowest BCUT2D eigenvalue weighted by molar-refractivity contribution is -0.132. The predicted molar refractivity (Wildman–Crippen MR) is 102 cm³/mol. The van der Waals surface area contributed by atoms with Crippen LogP contribution in [0.5, 0.6) is 0 Å². The van der Waals surface area contributed by atoms with E-state index in [1.54, 1.807) is 18.3 Å². The Bertz CT molecular complexity index is 1110. The van der Waals surface area contributed by atoms with E-state index in [4.69, 9.17) is 16.0 Å². The summed E-state index contributed by atoms with van der Waals surface area (Å²) in [5.41, 5.74) is 1.78. The summed E-state index contributed by atoms with van der Waals surface area (Å²) in [4.78, 5) is 31.2. The van der Waals surface area contributed by atoms with Crippen molar-refractivity contribution in [3.8, 4) is 11.3 Å². The number of nitrogens with zero attached hydrogens (tertiary/aromatic N) is 2. The first-order valence-corrected chi connectivity index (χ1v) is 9.38. The number of benzene rings is 2. The zero-order chi connectivity index (χ0) is 19.3. The summed E-state index contributed by atoms with van der Waals surface area (Å²) in [6.07, 6.45) is 2.89. The van der Waals surface area contributed by atoms with Crippen LogP contribution in [0.2, 0.25) is 5.02 Å². The Morgan fingerprint density at radius 3 is 2.89 bits per heavy atom.